The number of hydrogen-bond acceptors (Lipinski definition) is 3. The van der Waals surface area contributed by atoms with Crippen LogP contribution in [0.25, 0.3) is 0 Å². The molecule has 4 N–H and O–H groups in total. The fraction of sp³-hybridized carbons (Fsp3) is 0.333. The van der Waals surface area contributed by atoms with Gasteiger partial charge in [0.25, 0.3) is 0 Å². The topological polar surface area (TPSA) is 66.5 Å². The Hall–Kier alpha value is -0.835. The summed E-state index contributed by atoms with van der Waals surface area (Å²) in [6.45, 7) is 0. The molecule has 0 heterocycles. The number of hydrogen-bond donors (Lipinski definition) is 3. The fourth-order valence-corrected chi connectivity index (χ4v) is 1.13. The Labute approximate surface area is 78.3 Å². The highest BCUT2D eigenvalue weighted by molar-refractivity contribution is 6.43. The van der Waals surface area contributed by atoms with Crippen molar-refractivity contribution in [2.24, 2.45) is 5.73 Å². The van der Waals surface area contributed by atoms with Crippen molar-refractivity contribution in [2.45, 2.75) is 18.8 Å². The Bertz CT molecular complexity index is 241. The lowest BCUT2D eigenvalue weighted by Crippen LogP contribution is -2.39. The summed E-state index contributed by atoms with van der Waals surface area (Å²) in [6, 6.07) is 9.85. The molecule has 13 heavy (non-hydrogen) atoms. The predicted molar refractivity (Wildman–Crippen MR) is 52.9 cm³/mol. The van der Waals surface area contributed by atoms with Crippen molar-refractivity contribution < 1.29 is 10.0 Å². The molecule has 1 rings (SSSR count). The van der Waals surface area contributed by atoms with Gasteiger partial charge in [0.15, 0.2) is 0 Å². The van der Waals surface area contributed by atoms with E-state index in [1.165, 1.54) is 5.56 Å². The van der Waals surface area contributed by atoms with Gasteiger partial charge in [-0.15, -0.1) is 0 Å². The molecule has 0 aliphatic carbocycles. The van der Waals surface area contributed by atoms with Crippen LogP contribution in [0.5, 0.6) is 0 Å². The van der Waals surface area contributed by atoms with Crippen molar-refractivity contribution in [1.29, 1.82) is 0 Å². The first kappa shape index (κ1) is 10.2. The highest BCUT2D eigenvalue weighted by Crippen LogP contribution is 2.04. The summed E-state index contributed by atoms with van der Waals surface area (Å²) in [5.41, 5.74) is 6.63. The first-order valence-electron chi connectivity index (χ1n) is 4.36. The zero-order valence-corrected chi connectivity index (χ0v) is 7.43. The summed E-state index contributed by atoms with van der Waals surface area (Å²) in [4.78, 5) is 0. The van der Waals surface area contributed by atoms with Crippen LogP contribution >= 0.6 is 0 Å². The Kier molecular flexibility index (Phi) is 3.95. The molecule has 0 saturated carbocycles. The molecule has 1 aromatic carbocycles. The van der Waals surface area contributed by atoms with Crippen LogP contribution in [-0.4, -0.2) is 23.1 Å². The van der Waals surface area contributed by atoms with Gasteiger partial charge in [0.2, 0.25) is 0 Å². The number of nitrogens with two attached hydrogens (primary N) is 1. The molecule has 0 bridgehead atoms. The number of rotatable bonds is 4. The predicted octanol–water partition coefficient (Wildman–Crippen LogP) is -0.0415. The van der Waals surface area contributed by atoms with Crippen molar-refractivity contribution in [2.75, 3.05) is 0 Å². The molecule has 0 aliphatic rings. The van der Waals surface area contributed by atoms with Crippen LogP contribution in [0.1, 0.15) is 12.0 Å². The number of aryl methyl sites for hydroxylation is 1. The second-order valence-electron chi connectivity index (χ2n) is 3.10. The first-order valence-corrected chi connectivity index (χ1v) is 4.36. The van der Waals surface area contributed by atoms with Gasteiger partial charge < -0.3 is 15.8 Å². The lowest BCUT2D eigenvalue weighted by atomic mass is 9.77. The molecule has 70 valence electrons. The maximum atomic E-state index is 8.73. The van der Waals surface area contributed by atoms with Crippen molar-refractivity contribution in [3.63, 3.8) is 0 Å². The molecule has 0 spiro atoms. The minimum atomic E-state index is -1.41. The summed E-state index contributed by atoms with van der Waals surface area (Å²) < 4.78 is 0. The van der Waals surface area contributed by atoms with Gasteiger partial charge in [0, 0.05) is 5.94 Å². The highest BCUT2D eigenvalue weighted by Gasteiger charge is 2.17. The van der Waals surface area contributed by atoms with E-state index in [-0.39, 0.29) is 0 Å². The normalized spacial score (nSPS) is 12.5. The summed E-state index contributed by atoms with van der Waals surface area (Å²) in [7, 11) is -1.41. The van der Waals surface area contributed by atoms with Crippen LogP contribution in [0.4, 0.5) is 0 Å². The molecule has 3 nitrogen and oxygen atoms in total. The van der Waals surface area contributed by atoms with Gasteiger partial charge in [-0.1, -0.05) is 30.3 Å². The van der Waals surface area contributed by atoms with Crippen LogP contribution in [0.3, 0.4) is 0 Å². The zero-order chi connectivity index (χ0) is 9.68. The van der Waals surface area contributed by atoms with E-state index in [0.717, 1.165) is 6.42 Å². The molecule has 4 heteroatoms. The monoisotopic (exact) mass is 179 g/mol. The second kappa shape index (κ2) is 5.02. The summed E-state index contributed by atoms with van der Waals surface area (Å²) in [6.07, 6.45) is 1.36. The molecular formula is C9H14BNO2. The molecule has 0 aliphatic heterocycles. The minimum Gasteiger partial charge on any atom is -0.426 e. The van der Waals surface area contributed by atoms with Gasteiger partial charge in [-0.05, 0) is 18.4 Å². The Morgan fingerprint density at radius 2 is 1.85 bits per heavy atom. The van der Waals surface area contributed by atoms with Gasteiger partial charge in [-0.25, -0.2) is 0 Å². The SMILES string of the molecule is N[C@@H](CCc1ccccc1)B(O)O. The van der Waals surface area contributed by atoms with E-state index in [9.17, 15) is 0 Å². The maximum absolute atomic E-state index is 8.73. The molecule has 0 saturated heterocycles. The molecule has 0 radical (unpaired) electrons. The van der Waals surface area contributed by atoms with Crippen molar-refractivity contribution in [3.8, 4) is 0 Å². The molecule has 1 aromatic rings. The maximum Gasteiger partial charge on any atom is 0.469 e. The van der Waals surface area contributed by atoms with E-state index < -0.39 is 13.1 Å². The summed E-state index contributed by atoms with van der Waals surface area (Å²) >= 11 is 0. The van der Waals surface area contributed by atoms with Gasteiger partial charge in [-0.2, -0.15) is 0 Å². The van der Waals surface area contributed by atoms with E-state index in [2.05, 4.69) is 0 Å². The average Bonchev–Trinajstić information content (AvgIpc) is 2.15. The van der Waals surface area contributed by atoms with Gasteiger partial charge in [0.1, 0.15) is 0 Å². The van der Waals surface area contributed by atoms with Crippen molar-refractivity contribution >= 4 is 7.12 Å². The average molecular weight is 179 g/mol. The number of benzene rings is 1. The lowest BCUT2D eigenvalue weighted by molar-refractivity contribution is 0.382. The van der Waals surface area contributed by atoms with E-state index in [1.54, 1.807) is 0 Å². The first-order chi connectivity index (χ1) is 6.20. The second-order valence-corrected chi connectivity index (χ2v) is 3.10. The Balaban J connectivity index is 2.35. The highest BCUT2D eigenvalue weighted by atomic mass is 16.4. The van der Waals surface area contributed by atoms with E-state index in [0.29, 0.717) is 6.42 Å². The molecule has 0 unspecified atom stereocenters. The van der Waals surface area contributed by atoms with E-state index in [1.807, 2.05) is 30.3 Å². The largest absolute Gasteiger partial charge is 0.469 e. The smallest absolute Gasteiger partial charge is 0.426 e. The van der Waals surface area contributed by atoms with E-state index >= 15 is 0 Å². The van der Waals surface area contributed by atoms with Gasteiger partial charge in [0.05, 0.1) is 0 Å². The van der Waals surface area contributed by atoms with Crippen LogP contribution in [0.2, 0.25) is 0 Å². The molecular weight excluding hydrogens is 165 g/mol. The fourth-order valence-electron chi connectivity index (χ4n) is 1.13. The van der Waals surface area contributed by atoms with E-state index in [4.69, 9.17) is 15.8 Å². The zero-order valence-electron chi connectivity index (χ0n) is 7.43. The van der Waals surface area contributed by atoms with Crippen LogP contribution in [0.15, 0.2) is 30.3 Å². The minimum absolute atomic E-state index is 0.555. The third kappa shape index (κ3) is 3.59. The van der Waals surface area contributed by atoms with Crippen molar-refractivity contribution in [3.05, 3.63) is 35.9 Å². The molecule has 0 fully saturated rings. The van der Waals surface area contributed by atoms with Gasteiger partial charge >= 0.3 is 7.12 Å². The van der Waals surface area contributed by atoms with Crippen LogP contribution in [0, 0.1) is 0 Å². The molecule has 0 aromatic heterocycles. The summed E-state index contributed by atoms with van der Waals surface area (Å²) in [5.74, 6) is -0.555. The Morgan fingerprint density at radius 1 is 1.23 bits per heavy atom. The standard InChI is InChI=1S/C9H14BNO2/c11-9(10(12)13)7-6-8-4-2-1-3-5-8/h1-5,9,12-13H,6-7,11H2/t9-/m0/s1. The molecule has 1 atom stereocenters. The van der Waals surface area contributed by atoms with Crippen LogP contribution < -0.4 is 5.73 Å². The molecule has 0 amide bonds. The lowest BCUT2D eigenvalue weighted by Gasteiger charge is -2.09. The Morgan fingerprint density at radius 3 is 2.38 bits per heavy atom. The van der Waals surface area contributed by atoms with Gasteiger partial charge in [-0.3, -0.25) is 0 Å². The summed E-state index contributed by atoms with van der Waals surface area (Å²) in [5, 5.41) is 17.5. The third-order valence-corrected chi connectivity index (χ3v) is 1.99. The van der Waals surface area contributed by atoms with Crippen LogP contribution in [-0.2, 0) is 6.42 Å². The third-order valence-electron chi connectivity index (χ3n) is 1.99. The van der Waals surface area contributed by atoms with Crippen molar-refractivity contribution in [1.82, 2.24) is 0 Å². The quantitative estimate of drug-likeness (QED) is 0.568.